The van der Waals surface area contributed by atoms with E-state index in [1.54, 1.807) is 6.92 Å². The molecule has 0 saturated heterocycles. The number of carbonyl (C=O) groups is 1. The van der Waals surface area contributed by atoms with Crippen LogP contribution in [0, 0.1) is 5.41 Å². The van der Waals surface area contributed by atoms with Gasteiger partial charge in [-0.3, -0.25) is 4.79 Å². The van der Waals surface area contributed by atoms with Gasteiger partial charge in [0.25, 0.3) is 0 Å². The number of hydrogen-bond acceptors (Lipinski definition) is 3. The van der Waals surface area contributed by atoms with Crippen LogP contribution in [0.25, 0.3) is 0 Å². The molecule has 1 heterocycles. The van der Waals surface area contributed by atoms with Gasteiger partial charge < -0.3 is 10.4 Å². The minimum absolute atomic E-state index is 0.306. The molecule has 0 spiro atoms. The number of nitrogens with zero attached hydrogens (tertiary/aromatic N) is 1. The van der Waals surface area contributed by atoms with Crippen LogP contribution >= 0.6 is 0 Å². The monoisotopic (exact) mass is 288 g/mol. The number of nitrogens with one attached hydrogen (secondary N) is 1. The minimum atomic E-state index is -4.52. The van der Waals surface area contributed by atoms with Crippen molar-refractivity contribution in [3.63, 3.8) is 0 Å². The average molecular weight is 288 g/mol. The summed E-state index contributed by atoms with van der Waals surface area (Å²) in [6.07, 6.45) is -1.65. The van der Waals surface area contributed by atoms with Gasteiger partial charge in [0, 0.05) is 12.2 Å². The number of aliphatic carboxylic acids is 1. The number of alkyl halides is 3. The summed E-state index contributed by atoms with van der Waals surface area (Å²) in [6.45, 7) is 1.55. The number of carboxylic acids is 1. The van der Waals surface area contributed by atoms with Gasteiger partial charge in [-0.2, -0.15) is 13.2 Å². The van der Waals surface area contributed by atoms with Crippen molar-refractivity contribution in [3.8, 4) is 0 Å². The van der Waals surface area contributed by atoms with Crippen molar-refractivity contribution in [1.82, 2.24) is 4.98 Å². The fraction of sp³-hybridized carbons (Fsp3) is 0.538. The smallest absolute Gasteiger partial charge is 0.419 e. The molecule has 4 nitrogen and oxygen atoms in total. The van der Waals surface area contributed by atoms with Gasteiger partial charge in [0.15, 0.2) is 0 Å². The van der Waals surface area contributed by atoms with Crippen LogP contribution in [-0.2, 0) is 11.0 Å². The molecule has 0 bridgehead atoms. The van der Waals surface area contributed by atoms with E-state index in [0.29, 0.717) is 19.3 Å². The van der Waals surface area contributed by atoms with Gasteiger partial charge in [0.2, 0.25) is 0 Å². The van der Waals surface area contributed by atoms with Crippen LogP contribution in [0.5, 0.6) is 0 Å². The van der Waals surface area contributed by atoms with Crippen LogP contribution in [0.4, 0.5) is 19.0 Å². The third-order valence-electron chi connectivity index (χ3n) is 3.87. The first-order valence-corrected chi connectivity index (χ1v) is 6.27. The maximum atomic E-state index is 12.9. The van der Waals surface area contributed by atoms with Crippen molar-refractivity contribution in [3.05, 3.63) is 23.9 Å². The molecule has 1 saturated carbocycles. The largest absolute Gasteiger partial charge is 0.481 e. The summed E-state index contributed by atoms with van der Waals surface area (Å²) in [5.41, 5.74) is -1.94. The third-order valence-corrected chi connectivity index (χ3v) is 3.87. The second-order valence-electron chi connectivity index (χ2n) is 5.21. The lowest BCUT2D eigenvalue weighted by Crippen LogP contribution is -2.40. The molecule has 1 aliphatic rings. The molecule has 0 aliphatic heterocycles. The maximum absolute atomic E-state index is 12.9. The van der Waals surface area contributed by atoms with E-state index in [2.05, 4.69) is 10.3 Å². The molecule has 7 heteroatoms. The Labute approximate surface area is 114 Å². The van der Waals surface area contributed by atoms with Crippen molar-refractivity contribution in [2.24, 2.45) is 5.41 Å². The van der Waals surface area contributed by atoms with Crippen LogP contribution < -0.4 is 5.32 Å². The van der Waals surface area contributed by atoms with Crippen molar-refractivity contribution < 1.29 is 23.1 Å². The lowest BCUT2D eigenvalue weighted by molar-refractivity contribution is -0.147. The van der Waals surface area contributed by atoms with E-state index in [4.69, 9.17) is 0 Å². The first-order valence-electron chi connectivity index (χ1n) is 6.27. The normalized spacial score (nSPS) is 26.5. The topological polar surface area (TPSA) is 62.2 Å². The van der Waals surface area contributed by atoms with E-state index in [9.17, 15) is 23.1 Å². The van der Waals surface area contributed by atoms with Crippen molar-refractivity contribution in [1.29, 1.82) is 0 Å². The first-order chi connectivity index (χ1) is 9.25. The molecular weight excluding hydrogens is 273 g/mol. The van der Waals surface area contributed by atoms with E-state index >= 15 is 0 Å². The highest BCUT2D eigenvalue weighted by Gasteiger charge is 2.46. The van der Waals surface area contributed by atoms with E-state index in [-0.39, 0.29) is 5.82 Å². The van der Waals surface area contributed by atoms with Crippen molar-refractivity contribution in [2.75, 3.05) is 5.32 Å². The second kappa shape index (κ2) is 4.96. The standard InChI is InChI=1S/C13H15F3N2O2/c1-12(11(19)20)6-2-5-9(12)18-10-8(13(14,15)16)4-3-7-17-10/h3-4,7,9H,2,5-6H2,1H3,(H,17,18)(H,19,20). The summed E-state index contributed by atoms with van der Waals surface area (Å²) >= 11 is 0. The third kappa shape index (κ3) is 2.57. The van der Waals surface area contributed by atoms with Gasteiger partial charge in [-0.25, -0.2) is 4.98 Å². The molecule has 2 atom stereocenters. The lowest BCUT2D eigenvalue weighted by Gasteiger charge is -2.29. The van der Waals surface area contributed by atoms with Crippen LogP contribution in [0.3, 0.4) is 0 Å². The summed E-state index contributed by atoms with van der Waals surface area (Å²) in [5.74, 6) is -1.31. The summed E-state index contributed by atoms with van der Waals surface area (Å²) < 4.78 is 38.6. The number of anilines is 1. The number of pyridine rings is 1. The molecule has 2 rings (SSSR count). The Morgan fingerprint density at radius 3 is 2.85 bits per heavy atom. The number of aromatic nitrogens is 1. The summed E-state index contributed by atoms with van der Waals surface area (Å²) in [6, 6.07) is 1.58. The average Bonchev–Trinajstić information content (AvgIpc) is 2.72. The fourth-order valence-electron chi connectivity index (χ4n) is 2.57. The lowest BCUT2D eigenvalue weighted by atomic mass is 9.85. The Balaban J connectivity index is 2.29. The molecule has 0 aromatic carbocycles. The van der Waals surface area contributed by atoms with Gasteiger partial charge in [-0.1, -0.05) is 6.42 Å². The van der Waals surface area contributed by atoms with Crippen LogP contribution in [-0.4, -0.2) is 22.1 Å². The molecule has 110 valence electrons. The highest BCUT2D eigenvalue weighted by molar-refractivity contribution is 5.76. The van der Waals surface area contributed by atoms with Gasteiger partial charge in [0.05, 0.1) is 11.0 Å². The predicted octanol–water partition coefficient (Wildman–Crippen LogP) is 3.16. The van der Waals surface area contributed by atoms with Gasteiger partial charge >= 0.3 is 12.1 Å². The highest BCUT2D eigenvalue weighted by atomic mass is 19.4. The maximum Gasteiger partial charge on any atom is 0.419 e. The SMILES string of the molecule is CC1(C(=O)O)CCCC1Nc1ncccc1C(F)(F)F. The van der Waals surface area contributed by atoms with Crippen LogP contribution in [0.15, 0.2) is 18.3 Å². The number of carboxylic acid groups (broad SMARTS) is 1. The number of hydrogen-bond donors (Lipinski definition) is 2. The zero-order valence-electron chi connectivity index (χ0n) is 10.9. The van der Waals surface area contributed by atoms with E-state index in [0.717, 1.165) is 6.07 Å². The molecule has 1 fully saturated rings. The highest BCUT2D eigenvalue weighted by Crippen LogP contribution is 2.41. The molecule has 2 N–H and O–H groups in total. The Hall–Kier alpha value is -1.79. The van der Waals surface area contributed by atoms with E-state index in [1.807, 2.05) is 0 Å². The predicted molar refractivity (Wildman–Crippen MR) is 66.2 cm³/mol. The fourth-order valence-corrected chi connectivity index (χ4v) is 2.57. The minimum Gasteiger partial charge on any atom is -0.481 e. The van der Waals surface area contributed by atoms with Crippen LogP contribution in [0.1, 0.15) is 31.7 Å². The second-order valence-corrected chi connectivity index (χ2v) is 5.21. The Morgan fingerprint density at radius 2 is 2.25 bits per heavy atom. The zero-order chi connectivity index (χ0) is 15.0. The van der Waals surface area contributed by atoms with E-state index in [1.165, 1.54) is 12.3 Å². The van der Waals surface area contributed by atoms with E-state index < -0.39 is 29.2 Å². The van der Waals surface area contributed by atoms with Crippen molar-refractivity contribution >= 4 is 11.8 Å². The van der Waals surface area contributed by atoms with Crippen molar-refractivity contribution in [2.45, 2.75) is 38.4 Å². The number of halogens is 3. The number of rotatable bonds is 3. The van der Waals surface area contributed by atoms with Gasteiger partial charge in [0.1, 0.15) is 5.82 Å². The zero-order valence-corrected chi connectivity index (χ0v) is 10.9. The molecule has 1 aromatic heterocycles. The Morgan fingerprint density at radius 1 is 1.55 bits per heavy atom. The Bertz CT molecular complexity index is 519. The molecule has 0 amide bonds. The molecular formula is C13H15F3N2O2. The summed E-state index contributed by atoms with van der Waals surface area (Å²) in [4.78, 5) is 15.0. The molecule has 0 radical (unpaired) electrons. The molecule has 20 heavy (non-hydrogen) atoms. The quantitative estimate of drug-likeness (QED) is 0.897. The summed E-state index contributed by atoms with van der Waals surface area (Å²) in [7, 11) is 0. The molecule has 1 aliphatic carbocycles. The Kier molecular flexibility index (Phi) is 3.62. The van der Waals surface area contributed by atoms with Gasteiger partial charge in [-0.05, 0) is 31.9 Å². The summed E-state index contributed by atoms with van der Waals surface area (Å²) in [5, 5.41) is 11.9. The van der Waals surface area contributed by atoms with Gasteiger partial charge in [-0.15, -0.1) is 0 Å². The molecule has 2 unspecified atom stereocenters. The molecule has 1 aromatic rings. The first kappa shape index (κ1) is 14.6. The van der Waals surface area contributed by atoms with Crippen LogP contribution in [0.2, 0.25) is 0 Å².